The van der Waals surface area contributed by atoms with Crippen molar-refractivity contribution in [3.63, 3.8) is 0 Å². The minimum absolute atomic E-state index is 0.0189. The quantitative estimate of drug-likeness (QED) is 0.120. The molecule has 0 nitrogen and oxygen atoms in total. The molecule has 0 saturated heterocycles. The molecule has 6 aromatic rings. The molecule has 0 N–H and O–H groups in total. The first-order valence-corrected chi connectivity index (χ1v) is 55.4. The van der Waals surface area contributed by atoms with Gasteiger partial charge in [0.25, 0.3) is 8.38 Å². The van der Waals surface area contributed by atoms with E-state index < -0.39 is 18.3 Å². The van der Waals surface area contributed by atoms with Crippen LogP contribution in [0.2, 0.25) is 0 Å². The number of halogens is 12. The van der Waals surface area contributed by atoms with E-state index in [2.05, 4.69) is 98.8 Å². The Balaban J connectivity index is 0.000000235. The van der Waals surface area contributed by atoms with Crippen LogP contribution in [0.1, 0.15) is 33.4 Å². The van der Waals surface area contributed by atoms with Crippen LogP contribution in [0.5, 0.6) is 0 Å². The molecule has 47 heavy (non-hydrogen) atoms. The fourth-order valence-electron chi connectivity index (χ4n) is 6.94. The van der Waals surface area contributed by atoms with Crippen molar-refractivity contribution in [2.24, 2.45) is 5.41 Å². The standard InChI is InChI=1S/C29H20S4.12ClH.2Sb/c1-27(2)28(25-30-20-13-3-4-14-21(20)31-25)18-11-7-9-17-10-8-12-19(24(17)18)29(27,28)26-32-22-15-5-6-16-23(22)33-26;;;;;;;;;;;;;;/h3-16H,1-2H3;12*1H;;/q+2;;;;;;;;;;;;;2*+5/p-12/t28-,29+;;;;;;;;;;;;;;. The van der Waals surface area contributed by atoms with Gasteiger partial charge >= 0.3 is 124 Å². The van der Waals surface area contributed by atoms with Gasteiger partial charge in [0.1, 0.15) is 10.8 Å². The average molecular weight is 1170 g/mol. The van der Waals surface area contributed by atoms with Crippen LogP contribution in [0.25, 0.3) is 29.6 Å². The fraction of sp³-hybridized carbons (Fsp3) is 0.172. The Hall–Kier alpha value is 2.88. The molecule has 0 spiro atoms. The molecule has 8 rings (SSSR count). The molecule has 2 aromatic heterocycles. The van der Waals surface area contributed by atoms with E-state index in [1.807, 2.05) is 45.3 Å². The zero-order valence-corrected chi connectivity index (χ0v) is 41.1. The minimum atomic E-state index is -5.42. The van der Waals surface area contributed by atoms with Gasteiger partial charge in [-0.1, -0.05) is 74.5 Å². The van der Waals surface area contributed by atoms with E-state index in [4.69, 9.17) is 106 Å². The zero-order chi connectivity index (χ0) is 34.8. The van der Waals surface area contributed by atoms with Gasteiger partial charge in [0.05, 0.1) is 45.3 Å². The second-order valence-electron chi connectivity index (χ2n) is 11.6. The average Bonchev–Trinajstić information content (AvgIpc) is 3.38. The van der Waals surface area contributed by atoms with Crippen molar-refractivity contribution in [1.29, 1.82) is 0 Å². The summed E-state index contributed by atoms with van der Waals surface area (Å²) in [7, 11) is 49.9. The number of hydrogen-bond acceptors (Lipinski definition) is 2. The number of benzene rings is 4. The Bertz CT molecular complexity index is 2000. The van der Waals surface area contributed by atoms with Gasteiger partial charge in [-0.3, -0.25) is 0 Å². The predicted molar refractivity (Wildman–Crippen MR) is 229 cm³/mol. The summed E-state index contributed by atoms with van der Waals surface area (Å²) in [6, 6.07) is 31.9. The van der Waals surface area contributed by atoms with Crippen LogP contribution in [0.4, 0.5) is 0 Å². The summed E-state index contributed by atoms with van der Waals surface area (Å²) >= 11 is 8.08. The van der Waals surface area contributed by atoms with Crippen LogP contribution in [-0.2, 0) is 10.8 Å². The van der Waals surface area contributed by atoms with Crippen LogP contribution >= 0.6 is 151 Å². The summed E-state index contributed by atoms with van der Waals surface area (Å²) in [5.74, 6) is 0. The van der Waals surface area contributed by atoms with Crippen LogP contribution in [0, 0.1) is 5.41 Å². The van der Waals surface area contributed by atoms with E-state index >= 15 is 0 Å². The molecular formula is C29H20Cl12S4Sb2. The van der Waals surface area contributed by atoms with Gasteiger partial charge in [0.2, 0.25) is 0 Å². The van der Waals surface area contributed by atoms with Crippen molar-refractivity contribution >= 4 is 199 Å². The van der Waals surface area contributed by atoms with Crippen molar-refractivity contribution in [2.75, 3.05) is 0 Å². The van der Waals surface area contributed by atoms with Crippen LogP contribution < -0.4 is 0 Å². The summed E-state index contributed by atoms with van der Waals surface area (Å²) in [5.41, 5.74) is 3.13. The normalized spacial score (nSPS) is 24.1. The molecule has 0 unspecified atom stereocenters. The van der Waals surface area contributed by atoms with E-state index in [9.17, 15) is 0 Å². The molecule has 2 aliphatic carbocycles. The van der Waals surface area contributed by atoms with Gasteiger partial charge in [0.15, 0.2) is 18.8 Å². The Kier molecular flexibility index (Phi) is 9.65. The van der Waals surface area contributed by atoms with Crippen LogP contribution in [-0.4, -0.2) is 18.3 Å². The van der Waals surface area contributed by atoms with E-state index in [1.165, 1.54) is 40.7 Å². The summed E-state index contributed by atoms with van der Waals surface area (Å²) < 4.78 is 8.75. The van der Waals surface area contributed by atoms with E-state index in [-0.39, 0.29) is 16.2 Å². The Morgan fingerprint density at radius 3 is 1.17 bits per heavy atom. The maximum atomic E-state index is 5.06. The topological polar surface area (TPSA) is 0 Å². The molecule has 2 heterocycles. The van der Waals surface area contributed by atoms with Crippen molar-refractivity contribution in [3.8, 4) is 0 Å². The molecule has 4 aromatic carbocycles. The van der Waals surface area contributed by atoms with Gasteiger partial charge < -0.3 is 0 Å². The van der Waals surface area contributed by atoms with E-state index in [0.29, 0.717) is 0 Å². The zero-order valence-electron chi connectivity index (χ0n) is 23.6. The Labute approximate surface area is 327 Å². The summed E-state index contributed by atoms with van der Waals surface area (Å²) in [4.78, 5) is 0. The van der Waals surface area contributed by atoms with Gasteiger partial charge in [-0.05, 0) is 46.2 Å². The molecular weight excluding hydrogens is 1150 g/mol. The number of hydrogen-bond donors (Lipinski definition) is 0. The fourth-order valence-corrected chi connectivity index (χ4v) is 13.6. The second-order valence-corrected chi connectivity index (χ2v) is 130. The van der Waals surface area contributed by atoms with Crippen molar-refractivity contribution in [1.82, 2.24) is 0 Å². The first-order chi connectivity index (χ1) is 21.0. The van der Waals surface area contributed by atoms with E-state index in [0.717, 1.165) is 0 Å². The van der Waals surface area contributed by atoms with Crippen molar-refractivity contribution in [3.05, 3.63) is 104 Å². The molecule has 0 aliphatic heterocycles. The second kappa shape index (κ2) is 11.5. The SMILES string of the molecule is CC1(C)[C@]2(c3sc4ccccc4[s+]3)c3cccc4cccc(c34)[C@]12c1sc2ccccc2[s+]1.[Cl][Sb-]([Cl])([Cl])([Cl])([Cl])[Cl].[Cl][Sb-]([Cl])([Cl])([Cl])([Cl])[Cl]. The predicted octanol–water partition coefficient (Wildman–Crippen LogP) is 17.1. The first-order valence-electron chi connectivity index (χ1n) is 13.3. The summed E-state index contributed by atoms with van der Waals surface area (Å²) in [6.07, 6.45) is 0. The Morgan fingerprint density at radius 1 is 0.489 bits per heavy atom. The first kappa shape index (κ1) is 39.6. The van der Waals surface area contributed by atoms with Gasteiger partial charge in [-0.15, -0.1) is 0 Å². The molecule has 0 amide bonds. The summed E-state index contributed by atoms with van der Waals surface area (Å²) in [6.45, 7) is 5.05. The molecule has 18 heteroatoms. The third-order valence-electron chi connectivity index (χ3n) is 8.21. The third-order valence-corrected chi connectivity index (χ3v) is 13.7. The van der Waals surface area contributed by atoms with Gasteiger partial charge in [-0.25, -0.2) is 0 Å². The van der Waals surface area contributed by atoms with Crippen LogP contribution in [0.15, 0.2) is 84.9 Å². The Morgan fingerprint density at radius 2 is 0.830 bits per heavy atom. The molecule has 2 atom stereocenters. The number of fused-ring (bicyclic) bond motifs is 5. The van der Waals surface area contributed by atoms with Crippen LogP contribution in [0.3, 0.4) is 0 Å². The molecule has 1 saturated carbocycles. The van der Waals surface area contributed by atoms with Crippen molar-refractivity contribution < 1.29 is 0 Å². The molecule has 0 radical (unpaired) electrons. The van der Waals surface area contributed by atoms with Gasteiger partial charge in [0, 0.05) is 5.41 Å². The molecule has 254 valence electrons. The molecule has 2 aliphatic rings. The monoisotopic (exact) mass is 1160 g/mol. The molecule has 1 fully saturated rings. The molecule has 0 bridgehead atoms. The van der Waals surface area contributed by atoms with Gasteiger partial charge in [-0.2, -0.15) is 0 Å². The maximum absolute atomic E-state index is 5.42. The summed E-state index contributed by atoms with van der Waals surface area (Å²) in [5, 5.41) is 2.87. The number of rotatable bonds is 2. The van der Waals surface area contributed by atoms with Crippen molar-refractivity contribution in [2.45, 2.75) is 24.7 Å². The third kappa shape index (κ3) is 8.28. The van der Waals surface area contributed by atoms with E-state index in [1.54, 1.807) is 8.38 Å².